The van der Waals surface area contributed by atoms with E-state index in [1.54, 1.807) is 18.3 Å². The van der Waals surface area contributed by atoms with Crippen LogP contribution in [0, 0.1) is 0 Å². The molecular formula is C15H15ClN4O. The normalized spacial score (nSPS) is 9.95. The van der Waals surface area contributed by atoms with E-state index in [0.29, 0.717) is 29.8 Å². The van der Waals surface area contributed by atoms with Crippen LogP contribution in [0.15, 0.2) is 49.2 Å². The predicted molar refractivity (Wildman–Crippen MR) is 83.3 cm³/mol. The first-order valence-electron chi connectivity index (χ1n) is 6.39. The summed E-state index contributed by atoms with van der Waals surface area (Å²) in [6.45, 7) is 4.49. The van der Waals surface area contributed by atoms with Gasteiger partial charge in [-0.25, -0.2) is 9.97 Å². The van der Waals surface area contributed by atoms with Gasteiger partial charge in [-0.1, -0.05) is 29.8 Å². The van der Waals surface area contributed by atoms with Crippen molar-refractivity contribution in [2.75, 3.05) is 11.9 Å². The van der Waals surface area contributed by atoms with E-state index in [0.717, 1.165) is 5.56 Å². The van der Waals surface area contributed by atoms with Crippen molar-refractivity contribution in [2.24, 2.45) is 0 Å². The summed E-state index contributed by atoms with van der Waals surface area (Å²) in [5, 5.41) is 6.42. The fourth-order valence-electron chi connectivity index (χ4n) is 1.61. The molecule has 108 valence electrons. The molecular weight excluding hydrogens is 288 g/mol. The van der Waals surface area contributed by atoms with E-state index in [2.05, 4.69) is 27.2 Å². The van der Waals surface area contributed by atoms with Crippen molar-refractivity contribution in [2.45, 2.75) is 6.54 Å². The van der Waals surface area contributed by atoms with Crippen LogP contribution in [0.5, 0.6) is 0 Å². The van der Waals surface area contributed by atoms with Gasteiger partial charge in [-0.05, 0) is 23.8 Å². The molecule has 1 aromatic heterocycles. The summed E-state index contributed by atoms with van der Waals surface area (Å²) in [5.41, 5.74) is 1.36. The van der Waals surface area contributed by atoms with E-state index in [4.69, 9.17) is 11.6 Å². The first kappa shape index (κ1) is 15.0. The highest BCUT2D eigenvalue weighted by atomic mass is 35.5. The highest BCUT2D eigenvalue weighted by Gasteiger charge is 2.07. The Hall–Kier alpha value is -2.40. The molecule has 6 heteroatoms. The van der Waals surface area contributed by atoms with Gasteiger partial charge in [-0.3, -0.25) is 4.79 Å². The third-order valence-corrected chi connectivity index (χ3v) is 2.91. The van der Waals surface area contributed by atoms with E-state index in [1.807, 2.05) is 24.3 Å². The van der Waals surface area contributed by atoms with Gasteiger partial charge in [0, 0.05) is 24.3 Å². The van der Waals surface area contributed by atoms with Crippen LogP contribution < -0.4 is 10.6 Å². The molecule has 0 bridgehead atoms. The van der Waals surface area contributed by atoms with Crippen molar-refractivity contribution in [1.82, 2.24) is 15.3 Å². The lowest BCUT2D eigenvalue weighted by Gasteiger charge is -2.06. The molecule has 1 heterocycles. The molecule has 0 aliphatic carbocycles. The number of hydrogen-bond donors (Lipinski definition) is 2. The maximum absolute atomic E-state index is 11.8. The Morgan fingerprint density at radius 1 is 1.29 bits per heavy atom. The van der Waals surface area contributed by atoms with Crippen molar-refractivity contribution in [3.8, 4) is 0 Å². The molecule has 1 aromatic carbocycles. The third kappa shape index (κ3) is 4.57. The van der Waals surface area contributed by atoms with Crippen molar-refractivity contribution >= 4 is 23.5 Å². The average Bonchev–Trinajstić information content (AvgIpc) is 2.52. The number of carbonyl (C=O) groups is 1. The van der Waals surface area contributed by atoms with E-state index < -0.39 is 0 Å². The van der Waals surface area contributed by atoms with Gasteiger partial charge in [0.15, 0.2) is 0 Å². The Morgan fingerprint density at radius 3 is 2.76 bits per heavy atom. The second-order valence-corrected chi connectivity index (χ2v) is 4.68. The first-order valence-corrected chi connectivity index (χ1v) is 6.77. The molecule has 0 unspecified atom stereocenters. The van der Waals surface area contributed by atoms with Crippen molar-refractivity contribution < 1.29 is 4.79 Å². The molecule has 2 rings (SSSR count). The standard InChI is InChI=1S/C15H15ClN4O/c1-2-8-17-14(21)13-7-9-18-15(20-13)19-10-11-3-5-12(16)6-4-11/h2-7,9H,1,8,10H2,(H,17,21)(H,18,19,20). The molecule has 0 aliphatic rings. The Kier molecular flexibility index (Phi) is 5.29. The van der Waals surface area contributed by atoms with Gasteiger partial charge in [0.1, 0.15) is 5.69 Å². The summed E-state index contributed by atoms with van der Waals surface area (Å²) in [6.07, 6.45) is 3.15. The van der Waals surface area contributed by atoms with Gasteiger partial charge < -0.3 is 10.6 Å². The minimum atomic E-state index is -0.258. The number of hydrogen-bond acceptors (Lipinski definition) is 4. The molecule has 0 atom stereocenters. The molecule has 0 fully saturated rings. The number of nitrogens with one attached hydrogen (secondary N) is 2. The lowest BCUT2D eigenvalue weighted by atomic mass is 10.2. The molecule has 2 aromatic rings. The van der Waals surface area contributed by atoms with Gasteiger partial charge in [-0.2, -0.15) is 0 Å². The van der Waals surface area contributed by atoms with E-state index in [9.17, 15) is 4.79 Å². The molecule has 1 amide bonds. The molecule has 0 aliphatic heterocycles. The van der Waals surface area contributed by atoms with E-state index in [-0.39, 0.29) is 5.91 Å². The van der Waals surface area contributed by atoms with Crippen molar-refractivity contribution in [1.29, 1.82) is 0 Å². The quantitative estimate of drug-likeness (QED) is 0.805. The number of nitrogens with zero attached hydrogens (tertiary/aromatic N) is 2. The number of benzene rings is 1. The minimum absolute atomic E-state index is 0.258. The predicted octanol–water partition coefficient (Wildman–Crippen LogP) is 2.66. The molecule has 0 saturated heterocycles. The fraction of sp³-hybridized carbons (Fsp3) is 0.133. The zero-order valence-electron chi connectivity index (χ0n) is 11.3. The molecule has 21 heavy (non-hydrogen) atoms. The zero-order valence-corrected chi connectivity index (χ0v) is 12.1. The molecule has 2 N–H and O–H groups in total. The van der Waals surface area contributed by atoms with Crippen molar-refractivity contribution in [3.63, 3.8) is 0 Å². The average molecular weight is 303 g/mol. The highest BCUT2D eigenvalue weighted by molar-refractivity contribution is 6.30. The van der Waals surface area contributed by atoms with Crippen LogP contribution in [0.4, 0.5) is 5.95 Å². The fourth-order valence-corrected chi connectivity index (χ4v) is 1.74. The summed E-state index contributed by atoms with van der Waals surface area (Å²) >= 11 is 5.83. The molecule has 0 radical (unpaired) electrons. The summed E-state index contributed by atoms with van der Waals surface area (Å²) in [4.78, 5) is 20.0. The monoisotopic (exact) mass is 302 g/mol. The Morgan fingerprint density at radius 2 is 2.05 bits per heavy atom. The van der Waals surface area contributed by atoms with E-state index in [1.165, 1.54) is 0 Å². The maximum atomic E-state index is 11.8. The highest BCUT2D eigenvalue weighted by Crippen LogP contribution is 2.10. The SMILES string of the molecule is C=CCNC(=O)c1ccnc(NCc2ccc(Cl)cc2)n1. The lowest BCUT2D eigenvalue weighted by molar-refractivity contribution is 0.0953. The topological polar surface area (TPSA) is 66.9 Å². The van der Waals surface area contributed by atoms with Gasteiger partial charge in [-0.15, -0.1) is 6.58 Å². The van der Waals surface area contributed by atoms with E-state index >= 15 is 0 Å². The van der Waals surface area contributed by atoms with Crippen LogP contribution in [0.25, 0.3) is 0 Å². The molecule has 0 saturated carbocycles. The lowest BCUT2D eigenvalue weighted by Crippen LogP contribution is -2.24. The largest absolute Gasteiger partial charge is 0.350 e. The molecule has 5 nitrogen and oxygen atoms in total. The summed E-state index contributed by atoms with van der Waals surface area (Å²) in [6, 6.07) is 9.02. The second-order valence-electron chi connectivity index (χ2n) is 4.24. The second kappa shape index (κ2) is 7.40. The zero-order chi connectivity index (χ0) is 15.1. The summed E-state index contributed by atoms with van der Waals surface area (Å²) in [5.74, 6) is 0.142. The van der Waals surface area contributed by atoms with Crippen LogP contribution in [-0.4, -0.2) is 22.4 Å². The van der Waals surface area contributed by atoms with Gasteiger partial charge in [0.25, 0.3) is 5.91 Å². The van der Waals surface area contributed by atoms with Gasteiger partial charge in [0.2, 0.25) is 5.95 Å². The first-order chi connectivity index (χ1) is 10.2. The minimum Gasteiger partial charge on any atom is -0.350 e. The van der Waals surface area contributed by atoms with Crippen LogP contribution in [0.1, 0.15) is 16.1 Å². The Balaban J connectivity index is 1.99. The number of carbonyl (C=O) groups excluding carboxylic acids is 1. The summed E-state index contributed by atoms with van der Waals surface area (Å²) in [7, 11) is 0. The van der Waals surface area contributed by atoms with Crippen LogP contribution in [0.2, 0.25) is 5.02 Å². The number of aromatic nitrogens is 2. The van der Waals surface area contributed by atoms with Crippen molar-refractivity contribution in [3.05, 3.63) is 65.5 Å². The van der Waals surface area contributed by atoms with Crippen LogP contribution >= 0.6 is 11.6 Å². The number of rotatable bonds is 6. The van der Waals surface area contributed by atoms with Crippen LogP contribution in [-0.2, 0) is 6.54 Å². The Bertz CT molecular complexity index is 628. The number of anilines is 1. The molecule has 0 spiro atoms. The third-order valence-electron chi connectivity index (χ3n) is 2.66. The van der Waals surface area contributed by atoms with Crippen LogP contribution in [0.3, 0.4) is 0 Å². The number of halogens is 1. The maximum Gasteiger partial charge on any atom is 0.270 e. The van der Waals surface area contributed by atoms with Gasteiger partial charge in [0.05, 0.1) is 0 Å². The smallest absolute Gasteiger partial charge is 0.270 e. The van der Waals surface area contributed by atoms with Gasteiger partial charge >= 0.3 is 0 Å². The Labute approximate surface area is 128 Å². The number of amides is 1. The summed E-state index contributed by atoms with van der Waals surface area (Å²) < 4.78 is 0.